The molecule has 6 N–H and O–H groups in total. The van der Waals surface area contributed by atoms with Gasteiger partial charge in [0, 0.05) is 13.1 Å². The van der Waals surface area contributed by atoms with Gasteiger partial charge in [0.1, 0.15) is 11.4 Å². The van der Waals surface area contributed by atoms with Gasteiger partial charge in [-0.2, -0.15) is 0 Å². The van der Waals surface area contributed by atoms with Crippen LogP contribution in [-0.4, -0.2) is 108 Å². The fraction of sp³-hybridized carbons (Fsp3) is 0.480. The number of H-pyrrole nitrogens is 2. The van der Waals surface area contributed by atoms with Gasteiger partial charge in [-0.1, -0.05) is 6.08 Å². The summed E-state index contributed by atoms with van der Waals surface area (Å²) in [7, 11) is -6.66. The number of carbonyl (C=O) groups is 2. The molecule has 2 aromatic heterocycles. The molecular weight excluding hydrogens is 608 g/mol. The van der Waals surface area contributed by atoms with Crippen LogP contribution in [0.1, 0.15) is 57.0 Å². The van der Waals surface area contributed by atoms with Gasteiger partial charge in [0.25, 0.3) is 22.9 Å². The molecule has 2 amide bonds. The molecule has 4 rings (SSSR count). The van der Waals surface area contributed by atoms with Gasteiger partial charge in [-0.05, 0) is 31.1 Å². The summed E-state index contributed by atoms with van der Waals surface area (Å²) >= 11 is 0. The van der Waals surface area contributed by atoms with E-state index in [1.165, 1.54) is 24.3 Å². The number of sulfone groups is 2. The SMILES string of the molecule is O=C(NCCO)c1[nH]n(C2CCS(=O)(=O)C2)c(=O)c1C=C=CC=Cc1c(C(=O)NCCO)[nH]n(C2CCS(=O)(=O)C2)c1=O. The van der Waals surface area contributed by atoms with Gasteiger partial charge in [0.2, 0.25) is 0 Å². The average Bonchev–Trinajstić information content (AvgIpc) is 3.69. The standard InChI is InChI=1S/C25H32N6O10S2/c32-10-8-26-22(34)20-18(24(36)30(28-20)16-6-12-42(38,39)14-16)4-2-1-3-5-19-21(23(35)27-9-11-33)29-31(25(19)37)17-7-13-43(40,41)15-17/h1-2,4-5,16-17,28-29,32-33H,6-15H2,(H,26,34)(H,27,35). The number of hydrogen-bond acceptors (Lipinski definition) is 10. The summed E-state index contributed by atoms with van der Waals surface area (Å²) in [5, 5.41) is 28.3. The summed E-state index contributed by atoms with van der Waals surface area (Å²) in [4.78, 5) is 51.6. The van der Waals surface area contributed by atoms with E-state index in [-0.39, 0.29) is 84.7 Å². The monoisotopic (exact) mass is 640 g/mol. The molecule has 2 saturated heterocycles. The number of rotatable bonds is 11. The van der Waals surface area contributed by atoms with Crippen molar-refractivity contribution in [1.29, 1.82) is 0 Å². The first-order valence-corrected chi connectivity index (χ1v) is 17.0. The Morgan fingerprint density at radius 2 is 1.30 bits per heavy atom. The van der Waals surface area contributed by atoms with Crippen molar-refractivity contribution in [1.82, 2.24) is 30.2 Å². The third-order valence-electron chi connectivity index (χ3n) is 6.98. The van der Waals surface area contributed by atoms with E-state index in [2.05, 4.69) is 26.6 Å². The Bertz CT molecular complexity index is 1820. The Labute approximate surface area is 245 Å². The maximum Gasteiger partial charge on any atom is 0.275 e. The molecule has 2 atom stereocenters. The van der Waals surface area contributed by atoms with Gasteiger partial charge in [-0.15, -0.1) is 5.73 Å². The molecule has 2 aliphatic rings. The summed E-state index contributed by atoms with van der Waals surface area (Å²) in [6.07, 6.45) is 5.53. The number of carbonyl (C=O) groups excluding carboxylic acids is 2. The van der Waals surface area contributed by atoms with Crippen LogP contribution in [0.15, 0.2) is 27.5 Å². The molecule has 4 heterocycles. The third kappa shape index (κ3) is 7.34. The Kier molecular flexibility index (Phi) is 9.76. The summed E-state index contributed by atoms with van der Waals surface area (Å²) in [6.45, 7) is -0.843. The van der Waals surface area contributed by atoms with Crippen molar-refractivity contribution in [2.75, 3.05) is 49.3 Å². The Hall–Kier alpha value is -3.96. The smallest absolute Gasteiger partial charge is 0.275 e. The maximum absolute atomic E-state index is 13.1. The zero-order valence-electron chi connectivity index (χ0n) is 22.9. The normalized spacial score (nSPS) is 20.6. The highest BCUT2D eigenvalue weighted by molar-refractivity contribution is 7.91. The second-order valence-corrected chi connectivity index (χ2v) is 14.5. The largest absolute Gasteiger partial charge is 0.395 e. The molecule has 2 aromatic rings. The van der Waals surface area contributed by atoms with Crippen molar-refractivity contribution in [2.24, 2.45) is 0 Å². The Morgan fingerprint density at radius 1 is 0.837 bits per heavy atom. The van der Waals surface area contributed by atoms with E-state index >= 15 is 0 Å². The molecule has 234 valence electrons. The lowest BCUT2D eigenvalue weighted by atomic mass is 10.2. The first-order chi connectivity index (χ1) is 20.4. The first kappa shape index (κ1) is 32.0. The van der Waals surface area contributed by atoms with E-state index in [0.717, 1.165) is 9.36 Å². The molecule has 0 bridgehead atoms. The zero-order chi connectivity index (χ0) is 31.4. The lowest BCUT2D eigenvalue weighted by Crippen LogP contribution is -2.27. The fourth-order valence-corrected chi connectivity index (χ4v) is 8.29. The number of aliphatic hydroxyl groups excluding tert-OH is 2. The second kappa shape index (κ2) is 13.1. The van der Waals surface area contributed by atoms with E-state index in [9.17, 15) is 36.0 Å². The molecule has 0 aliphatic carbocycles. The number of aromatic amines is 2. The molecule has 0 saturated carbocycles. The highest BCUT2D eigenvalue weighted by Crippen LogP contribution is 2.23. The first-order valence-electron chi connectivity index (χ1n) is 13.3. The summed E-state index contributed by atoms with van der Waals surface area (Å²) in [6, 6.07) is -1.37. The topological polar surface area (TPSA) is 243 Å². The molecule has 43 heavy (non-hydrogen) atoms. The number of nitrogens with one attached hydrogen (secondary N) is 4. The van der Waals surface area contributed by atoms with Crippen molar-refractivity contribution in [3.8, 4) is 0 Å². The highest BCUT2D eigenvalue weighted by atomic mass is 32.2. The van der Waals surface area contributed by atoms with Crippen LogP contribution in [0.3, 0.4) is 0 Å². The van der Waals surface area contributed by atoms with Crippen molar-refractivity contribution in [3.63, 3.8) is 0 Å². The van der Waals surface area contributed by atoms with Crippen molar-refractivity contribution < 1.29 is 36.6 Å². The van der Waals surface area contributed by atoms with E-state index in [0.29, 0.717) is 0 Å². The highest BCUT2D eigenvalue weighted by Gasteiger charge is 2.33. The molecular formula is C25H32N6O10S2. The van der Waals surface area contributed by atoms with Crippen LogP contribution >= 0.6 is 0 Å². The molecule has 0 radical (unpaired) electrons. The quantitative estimate of drug-likeness (QED) is 0.113. The molecule has 0 spiro atoms. The predicted molar refractivity (Wildman–Crippen MR) is 155 cm³/mol. The van der Waals surface area contributed by atoms with Crippen LogP contribution in [0, 0.1) is 0 Å². The van der Waals surface area contributed by atoms with Gasteiger partial charge in [0.15, 0.2) is 19.7 Å². The number of hydrogen-bond donors (Lipinski definition) is 6. The molecule has 2 aliphatic heterocycles. The molecule has 0 aromatic carbocycles. The minimum Gasteiger partial charge on any atom is -0.395 e. The van der Waals surface area contributed by atoms with Crippen molar-refractivity contribution in [3.05, 3.63) is 61.1 Å². The lowest BCUT2D eigenvalue weighted by molar-refractivity contribution is 0.0931. The summed E-state index contributed by atoms with van der Waals surface area (Å²) in [5.74, 6) is -2.10. The second-order valence-electron chi connectivity index (χ2n) is 10.1. The van der Waals surface area contributed by atoms with E-state index in [1.807, 2.05) is 0 Å². The van der Waals surface area contributed by atoms with Crippen molar-refractivity contribution in [2.45, 2.75) is 24.9 Å². The summed E-state index contributed by atoms with van der Waals surface area (Å²) in [5.41, 5.74) is 0.946. The minimum atomic E-state index is -3.33. The summed E-state index contributed by atoms with van der Waals surface area (Å²) < 4.78 is 50.0. The van der Waals surface area contributed by atoms with E-state index in [1.54, 1.807) is 0 Å². The molecule has 16 nitrogen and oxygen atoms in total. The van der Waals surface area contributed by atoms with Crippen LogP contribution in [0.4, 0.5) is 0 Å². The number of amides is 2. The van der Waals surface area contributed by atoms with Gasteiger partial charge in [-0.3, -0.25) is 29.4 Å². The van der Waals surface area contributed by atoms with E-state index in [4.69, 9.17) is 10.2 Å². The van der Waals surface area contributed by atoms with Gasteiger partial charge >= 0.3 is 0 Å². The van der Waals surface area contributed by atoms with Crippen LogP contribution in [0.2, 0.25) is 0 Å². The Balaban J connectivity index is 1.66. The molecule has 18 heteroatoms. The third-order valence-corrected chi connectivity index (χ3v) is 10.5. The lowest BCUT2D eigenvalue weighted by Gasteiger charge is -2.08. The maximum atomic E-state index is 13.1. The van der Waals surface area contributed by atoms with E-state index < -0.39 is 54.7 Å². The van der Waals surface area contributed by atoms with Crippen molar-refractivity contribution >= 4 is 43.6 Å². The molecule has 2 unspecified atom stereocenters. The minimum absolute atomic E-state index is 0.0756. The predicted octanol–water partition coefficient (Wildman–Crippen LogP) is -2.29. The van der Waals surface area contributed by atoms with Crippen LogP contribution in [0.5, 0.6) is 0 Å². The van der Waals surface area contributed by atoms with Crippen LogP contribution in [-0.2, 0) is 19.7 Å². The number of aliphatic hydroxyl groups is 2. The Morgan fingerprint density at radius 3 is 1.74 bits per heavy atom. The van der Waals surface area contributed by atoms with Gasteiger partial charge in [0.05, 0.1) is 59.4 Å². The fourth-order valence-electron chi connectivity index (χ4n) is 4.89. The number of aromatic nitrogens is 4. The zero-order valence-corrected chi connectivity index (χ0v) is 24.5. The van der Waals surface area contributed by atoms with Crippen LogP contribution in [0.25, 0.3) is 12.2 Å². The number of allylic oxidation sites excluding steroid dienone is 2. The van der Waals surface area contributed by atoms with Gasteiger partial charge in [-0.25, -0.2) is 26.2 Å². The van der Waals surface area contributed by atoms with Crippen LogP contribution < -0.4 is 21.8 Å². The van der Waals surface area contributed by atoms with Gasteiger partial charge < -0.3 is 20.8 Å². The average molecular weight is 641 g/mol. The molecule has 2 fully saturated rings. The number of nitrogens with zero attached hydrogens (tertiary/aromatic N) is 2.